The van der Waals surface area contributed by atoms with E-state index < -0.39 is 0 Å². The number of fused-ring (bicyclic) bond motifs is 8. The van der Waals surface area contributed by atoms with Crippen LogP contribution < -0.4 is 25.5 Å². The summed E-state index contributed by atoms with van der Waals surface area (Å²) in [5, 5.41) is 1.35. The molecule has 0 unspecified atom stereocenters. The lowest BCUT2D eigenvalue weighted by molar-refractivity contribution is 0.332. The lowest BCUT2D eigenvalue weighted by Gasteiger charge is -2.47. The van der Waals surface area contributed by atoms with Crippen LogP contribution in [-0.4, -0.2) is 6.71 Å². The molecule has 3 heterocycles. The van der Waals surface area contributed by atoms with Gasteiger partial charge in [-0.1, -0.05) is 145 Å². The molecule has 4 heteroatoms. The molecule has 11 rings (SSSR count). The standard InChI is InChI=1S/C65H75BN2S/c1-38-30-39(2)56(40(3)31-38)41-32-53-57-54(33-41)68(44-21-18-42(19-22-44)60(4,5)6)58-46-34-43(61(7,8)9)20-25-55(46)69-59(58)66(57)51-36-49-50(65(16,17)29-28-64(49,14)15)37-52(51)67(53)45-23-24-47-48(35-45)63(12,13)27-26-62(47,10)11/h18-25,30-37H,26-29H2,1-17H3. The molecule has 7 aromatic rings. The van der Waals surface area contributed by atoms with Gasteiger partial charge in [-0.25, -0.2) is 0 Å². The van der Waals surface area contributed by atoms with Gasteiger partial charge >= 0.3 is 0 Å². The van der Waals surface area contributed by atoms with Gasteiger partial charge in [-0.05, 0) is 200 Å². The fourth-order valence-corrected chi connectivity index (χ4v) is 14.5. The molecule has 4 aliphatic rings. The minimum absolute atomic E-state index is 0.00362. The highest BCUT2D eigenvalue weighted by Gasteiger charge is 2.49. The van der Waals surface area contributed by atoms with E-state index in [4.69, 9.17) is 0 Å². The molecule has 0 radical (unpaired) electrons. The second kappa shape index (κ2) is 15.0. The first-order valence-electron chi connectivity index (χ1n) is 26.0. The quantitative estimate of drug-likeness (QED) is 0.163. The molecule has 0 bridgehead atoms. The highest BCUT2D eigenvalue weighted by Crippen LogP contribution is 2.55. The number of rotatable bonds is 3. The minimum atomic E-state index is 0.00362. The normalized spacial score (nSPS) is 18.4. The third-order valence-corrected chi connectivity index (χ3v) is 18.8. The molecule has 6 aromatic carbocycles. The Labute approximate surface area is 419 Å². The average Bonchev–Trinajstić information content (AvgIpc) is 3.64. The average molecular weight is 927 g/mol. The molecule has 69 heavy (non-hydrogen) atoms. The number of thiophene rings is 1. The Bertz CT molecular complexity index is 3260. The maximum Gasteiger partial charge on any atom is 0.264 e. The Morgan fingerprint density at radius 3 is 1.58 bits per heavy atom. The maximum absolute atomic E-state index is 2.74. The van der Waals surface area contributed by atoms with Crippen molar-refractivity contribution in [2.24, 2.45) is 0 Å². The Balaban J connectivity index is 1.32. The van der Waals surface area contributed by atoms with Crippen molar-refractivity contribution in [3.8, 4) is 11.1 Å². The second-order valence-electron chi connectivity index (χ2n) is 26.6. The highest BCUT2D eigenvalue weighted by atomic mass is 32.1. The van der Waals surface area contributed by atoms with Crippen molar-refractivity contribution in [1.29, 1.82) is 0 Å². The Morgan fingerprint density at radius 2 is 1.00 bits per heavy atom. The molecular formula is C65H75BN2S. The van der Waals surface area contributed by atoms with Crippen molar-refractivity contribution in [1.82, 2.24) is 0 Å². The lowest BCUT2D eigenvalue weighted by Crippen LogP contribution is -2.61. The van der Waals surface area contributed by atoms with Gasteiger partial charge in [0.2, 0.25) is 0 Å². The first kappa shape index (κ1) is 46.3. The van der Waals surface area contributed by atoms with E-state index in [1.807, 2.05) is 11.3 Å². The van der Waals surface area contributed by atoms with Crippen LogP contribution in [-0.2, 0) is 32.5 Å². The molecule has 0 saturated carbocycles. The van der Waals surface area contributed by atoms with Crippen LogP contribution in [0.5, 0.6) is 0 Å². The van der Waals surface area contributed by atoms with Gasteiger partial charge in [0.05, 0.1) is 5.69 Å². The Hall–Kier alpha value is -5.06. The van der Waals surface area contributed by atoms with Gasteiger partial charge in [0.15, 0.2) is 0 Å². The summed E-state index contributed by atoms with van der Waals surface area (Å²) in [6.07, 6.45) is 4.73. The van der Waals surface area contributed by atoms with E-state index in [-0.39, 0.29) is 39.2 Å². The van der Waals surface area contributed by atoms with E-state index in [0.717, 1.165) is 0 Å². The number of anilines is 6. The van der Waals surface area contributed by atoms with Crippen molar-refractivity contribution in [2.75, 3.05) is 9.80 Å². The van der Waals surface area contributed by atoms with E-state index in [9.17, 15) is 0 Å². The van der Waals surface area contributed by atoms with Crippen LogP contribution in [0.3, 0.4) is 0 Å². The first-order chi connectivity index (χ1) is 32.2. The molecule has 0 saturated heterocycles. The van der Waals surface area contributed by atoms with E-state index in [2.05, 4.69) is 225 Å². The summed E-state index contributed by atoms with van der Waals surface area (Å²) in [6.45, 7) is 40.9. The molecule has 0 amide bonds. The van der Waals surface area contributed by atoms with Crippen LogP contribution >= 0.6 is 11.3 Å². The maximum atomic E-state index is 2.74. The van der Waals surface area contributed by atoms with Crippen LogP contribution in [0.2, 0.25) is 0 Å². The van der Waals surface area contributed by atoms with Crippen LogP contribution in [0.25, 0.3) is 21.2 Å². The van der Waals surface area contributed by atoms with Gasteiger partial charge in [0, 0.05) is 43.3 Å². The van der Waals surface area contributed by atoms with Crippen molar-refractivity contribution in [3.05, 3.63) is 147 Å². The fraction of sp³-hybridized carbons (Fsp3) is 0.415. The lowest BCUT2D eigenvalue weighted by atomic mass is 9.35. The van der Waals surface area contributed by atoms with Crippen LogP contribution in [0.15, 0.2) is 97.1 Å². The van der Waals surface area contributed by atoms with Crippen LogP contribution in [0.1, 0.15) is 173 Å². The van der Waals surface area contributed by atoms with Gasteiger partial charge in [-0.3, -0.25) is 0 Å². The smallest absolute Gasteiger partial charge is 0.264 e. The van der Waals surface area contributed by atoms with Gasteiger partial charge < -0.3 is 9.80 Å². The monoisotopic (exact) mass is 927 g/mol. The summed E-state index contributed by atoms with van der Waals surface area (Å²) in [7, 11) is 0. The molecule has 2 aliphatic heterocycles. The number of nitrogens with zero attached hydrogens (tertiary/aromatic N) is 2. The zero-order chi connectivity index (χ0) is 49.3. The summed E-state index contributed by atoms with van der Waals surface area (Å²) >= 11 is 2.03. The number of hydrogen-bond acceptors (Lipinski definition) is 3. The summed E-state index contributed by atoms with van der Waals surface area (Å²) in [4.78, 5) is 5.43. The molecular weight excluding hydrogens is 852 g/mol. The Kier molecular flexibility index (Phi) is 10.1. The zero-order valence-electron chi connectivity index (χ0n) is 44.9. The highest BCUT2D eigenvalue weighted by molar-refractivity contribution is 7.33. The van der Waals surface area contributed by atoms with Crippen molar-refractivity contribution >= 4 is 78.0 Å². The summed E-state index contributed by atoms with van der Waals surface area (Å²) < 4.78 is 2.80. The largest absolute Gasteiger partial charge is 0.311 e. The SMILES string of the molecule is Cc1cc(C)c(-c2cc3c4c(c2)N(c2ccc(C(C)(C)C)cc2)c2c(sc5ccc(C(C)(C)C)cc25)B4c2cc4c(cc2N3c2ccc3c(c2)C(C)(C)CCC3(C)C)C(C)(C)CCC4(C)C)c(C)c1. The van der Waals surface area contributed by atoms with Crippen molar-refractivity contribution in [2.45, 2.75) is 176 Å². The molecule has 2 nitrogen and oxygen atoms in total. The third-order valence-electron chi connectivity index (χ3n) is 17.6. The molecule has 0 N–H and O–H groups in total. The number of hydrogen-bond donors (Lipinski definition) is 0. The van der Waals surface area contributed by atoms with E-state index in [1.165, 1.54) is 147 Å². The molecule has 354 valence electrons. The molecule has 1 aromatic heterocycles. The minimum Gasteiger partial charge on any atom is -0.311 e. The second-order valence-corrected chi connectivity index (χ2v) is 27.7. The van der Waals surface area contributed by atoms with Crippen molar-refractivity contribution < 1.29 is 0 Å². The summed E-state index contributed by atoms with van der Waals surface area (Å²) in [5.74, 6) is 0. The van der Waals surface area contributed by atoms with Crippen molar-refractivity contribution in [3.63, 3.8) is 0 Å². The van der Waals surface area contributed by atoms with Crippen LogP contribution in [0, 0.1) is 20.8 Å². The number of aryl methyl sites for hydroxylation is 3. The topological polar surface area (TPSA) is 6.48 Å². The molecule has 2 aliphatic carbocycles. The van der Waals surface area contributed by atoms with E-state index in [0.29, 0.717) is 0 Å². The molecule has 0 atom stereocenters. The van der Waals surface area contributed by atoms with Gasteiger partial charge in [0.25, 0.3) is 6.71 Å². The number of benzene rings is 6. The van der Waals surface area contributed by atoms with Gasteiger partial charge in [0.1, 0.15) is 0 Å². The molecule has 0 spiro atoms. The predicted octanol–water partition coefficient (Wildman–Crippen LogP) is 16.9. The summed E-state index contributed by atoms with van der Waals surface area (Å²) in [6, 6.07) is 39.9. The molecule has 0 fully saturated rings. The van der Waals surface area contributed by atoms with E-state index in [1.54, 1.807) is 0 Å². The Morgan fingerprint density at radius 1 is 0.493 bits per heavy atom. The summed E-state index contributed by atoms with van der Waals surface area (Å²) in [5.41, 5.74) is 26.2. The third kappa shape index (κ3) is 7.14. The fourth-order valence-electron chi connectivity index (χ4n) is 13.2. The van der Waals surface area contributed by atoms with Gasteiger partial charge in [-0.15, -0.1) is 11.3 Å². The first-order valence-corrected chi connectivity index (χ1v) is 26.9. The van der Waals surface area contributed by atoms with Gasteiger partial charge in [-0.2, -0.15) is 0 Å². The predicted molar refractivity (Wildman–Crippen MR) is 303 cm³/mol. The zero-order valence-corrected chi connectivity index (χ0v) is 45.8. The van der Waals surface area contributed by atoms with Crippen LogP contribution in [0.4, 0.5) is 34.1 Å². The van der Waals surface area contributed by atoms with E-state index >= 15 is 0 Å².